The van der Waals surface area contributed by atoms with Crippen molar-refractivity contribution in [1.82, 2.24) is 0 Å². The predicted molar refractivity (Wildman–Crippen MR) is 74.6 cm³/mol. The van der Waals surface area contributed by atoms with Gasteiger partial charge in [0.05, 0.1) is 12.8 Å². The number of aromatic hydroxyl groups is 1. The molecule has 0 aliphatic carbocycles. The number of anilines is 1. The number of hydrogen-bond acceptors (Lipinski definition) is 3. The van der Waals surface area contributed by atoms with Crippen molar-refractivity contribution in [2.75, 3.05) is 19.1 Å². The van der Waals surface area contributed by atoms with Crippen molar-refractivity contribution in [3.05, 3.63) is 42.5 Å². The van der Waals surface area contributed by atoms with E-state index in [2.05, 4.69) is 0 Å². The van der Waals surface area contributed by atoms with Crippen molar-refractivity contribution >= 4 is 12.1 Å². The van der Waals surface area contributed by atoms with Gasteiger partial charge in [0, 0.05) is 18.2 Å². The molecular formula is C15H15NO3. The molecule has 0 fully saturated rings. The van der Waals surface area contributed by atoms with Crippen molar-refractivity contribution in [2.45, 2.75) is 0 Å². The predicted octanol–water partition coefficient (Wildman–Crippen LogP) is 2.66. The van der Waals surface area contributed by atoms with E-state index in [1.54, 1.807) is 32.4 Å². The fourth-order valence-corrected chi connectivity index (χ4v) is 1.92. The zero-order valence-corrected chi connectivity index (χ0v) is 10.8. The molecule has 2 aromatic rings. The molecule has 0 bridgehead atoms. The summed E-state index contributed by atoms with van der Waals surface area (Å²) in [5, 5.41) is 10.0. The Hall–Kier alpha value is -2.49. The summed E-state index contributed by atoms with van der Waals surface area (Å²) in [6.45, 7) is 0. The first-order valence-electron chi connectivity index (χ1n) is 5.82. The van der Waals surface area contributed by atoms with Gasteiger partial charge in [0.2, 0.25) is 6.41 Å². The minimum atomic E-state index is 0.146. The maximum Gasteiger partial charge on any atom is 0.213 e. The molecule has 4 nitrogen and oxygen atoms in total. The summed E-state index contributed by atoms with van der Waals surface area (Å²) in [4.78, 5) is 12.4. The second-order valence-electron chi connectivity index (χ2n) is 4.12. The number of phenolic OH excluding ortho intramolecular Hbond substituents is 1. The van der Waals surface area contributed by atoms with E-state index in [0.29, 0.717) is 11.3 Å². The number of rotatable bonds is 4. The van der Waals surface area contributed by atoms with Crippen LogP contribution in [0.4, 0.5) is 5.69 Å². The van der Waals surface area contributed by atoms with Gasteiger partial charge in [-0.25, -0.2) is 0 Å². The number of nitrogens with zero attached hydrogens (tertiary/aromatic N) is 1. The normalized spacial score (nSPS) is 10.0. The van der Waals surface area contributed by atoms with E-state index in [1.807, 2.05) is 24.3 Å². The molecule has 98 valence electrons. The fourth-order valence-electron chi connectivity index (χ4n) is 1.92. The van der Waals surface area contributed by atoms with Crippen molar-refractivity contribution in [2.24, 2.45) is 0 Å². The third kappa shape index (κ3) is 2.52. The Balaban J connectivity index is 2.61. The Morgan fingerprint density at radius 1 is 1.16 bits per heavy atom. The lowest BCUT2D eigenvalue weighted by molar-refractivity contribution is -0.107. The molecule has 0 heterocycles. The molecule has 1 N–H and O–H groups in total. The standard InChI is InChI=1S/C15H15NO3/c1-16(10-17)14-6-4-3-5-12(14)13-9-11(19-2)7-8-15(13)18/h3-10,18H,1-2H3. The molecule has 2 aromatic carbocycles. The van der Waals surface area contributed by atoms with E-state index >= 15 is 0 Å². The first-order chi connectivity index (χ1) is 9.17. The van der Waals surface area contributed by atoms with Crippen molar-refractivity contribution in [3.63, 3.8) is 0 Å². The monoisotopic (exact) mass is 257 g/mol. The topological polar surface area (TPSA) is 49.8 Å². The Bertz CT molecular complexity index is 596. The summed E-state index contributed by atoms with van der Waals surface area (Å²) < 4.78 is 5.16. The zero-order valence-electron chi connectivity index (χ0n) is 10.8. The highest BCUT2D eigenvalue weighted by atomic mass is 16.5. The minimum absolute atomic E-state index is 0.146. The van der Waals surface area contributed by atoms with Gasteiger partial charge in [0.15, 0.2) is 0 Å². The molecule has 0 saturated heterocycles. The highest BCUT2D eigenvalue weighted by Crippen LogP contribution is 2.37. The van der Waals surface area contributed by atoms with Crippen LogP contribution >= 0.6 is 0 Å². The van der Waals surface area contributed by atoms with Gasteiger partial charge in [0.25, 0.3) is 0 Å². The zero-order chi connectivity index (χ0) is 13.8. The van der Waals surface area contributed by atoms with Gasteiger partial charge in [-0.2, -0.15) is 0 Å². The number of methoxy groups -OCH3 is 1. The van der Waals surface area contributed by atoms with Crippen LogP contribution in [0.3, 0.4) is 0 Å². The minimum Gasteiger partial charge on any atom is -0.507 e. The summed E-state index contributed by atoms with van der Waals surface area (Å²) in [6.07, 6.45) is 0.732. The van der Waals surface area contributed by atoms with Gasteiger partial charge < -0.3 is 14.7 Å². The number of carbonyl (C=O) groups is 1. The van der Waals surface area contributed by atoms with E-state index < -0.39 is 0 Å². The Labute approximate surface area is 111 Å². The number of carbonyl (C=O) groups excluding carboxylic acids is 1. The van der Waals surface area contributed by atoms with Crippen LogP contribution in [0.5, 0.6) is 11.5 Å². The van der Waals surface area contributed by atoms with Gasteiger partial charge in [-0.15, -0.1) is 0 Å². The molecule has 1 amide bonds. The summed E-state index contributed by atoms with van der Waals surface area (Å²) in [5.74, 6) is 0.795. The van der Waals surface area contributed by atoms with Crippen LogP contribution < -0.4 is 9.64 Å². The van der Waals surface area contributed by atoms with Crippen LogP contribution in [0.15, 0.2) is 42.5 Å². The second kappa shape index (κ2) is 5.44. The number of hydrogen-bond donors (Lipinski definition) is 1. The van der Waals surface area contributed by atoms with Crippen LogP contribution in [0.1, 0.15) is 0 Å². The van der Waals surface area contributed by atoms with E-state index in [9.17, 15) is 9.90 Å². The first-order valence-corrected chi connectivity index (χ1v) is 5.82. The average Bonchev–Trinajstić information content (AvgIpc) is 2.47. The van der Waals surface area contributed by atoms with Crippen molar-refractivity contribution < 1.29 is 14.6 Å². The van der Waals surface area contributed by atoms with Gasteiger partial charge >= 0.3 is 0 Å². The molecule has 2 rings (SSSR count). The molecule has 19 heavy (non-hydrogen) atoms. The third-order valence-corrected chi connectivity index (χ3v) is 2.94. The smallest absolute Gasteiger partial charge is 0.213 e. The lowest BCUT2D eigenvalue weighted by Crippen LogP contribution is -2.14. The van der Waals surface area contributed by atoms with Crippen LogP contribution in [0, 0.1) is 0 Å². The molecule has 0 aromatic heterocycles. The van der Waals surface area contributed by atoms with Gasteiger partial charge in [-0.05, 0) is 24.3 Å². The number of ether oxygens (including phenoxy) is 1. The summed E-state index contributed by atoms with van der Waals surface area (Å²) in [6, 6.07) is 12.4. The molecule has 0 aliphatic heterocycles. The maximum absolute atomic E-state index is 10.9. The van der Waals surface area contributed by atoms with Crippen LogP contribution in [-0.4, -0.2) is 25.7 Å². The largest absolute Gasteiger partial charge is 0.507 e. The number of benzene rings is 2. The van der Waals surface area contributed by atoms with Crippen molar-refractivity contribution in [3.8, 4) is 22.6 Å². The van der Waals surface area contributed by atoms with E-state index in [-0.39, 0.29) is 5.75 Å². The number of para-hydroxylation sites is 1. The summed E-state index contributed by atoms with van der Waals surface area (Å²) in [7, 11) is 3.24. The summed E-state index contributed by atoms with van der Waals surface area (Å²) in [5.41, 5.74) is 2.12. The lowest BCUT2D eigenvalue weighted by atomic mass is 10.0. The molecular weight excluding hydrogens is 242 g/mol. The summed E-state index contributed by atoms with van der Waals surface area (Å²) >= 11 is 0. The average molecular weight is 257 g/mol. The van der Waals surface area contributed by atoms with E-state index in [0.717, 1.165) is 17.7 Å². The first kappa shape index (κ1) is 13.0. The third-order valence-electron chi connectivity index (χ3n) is 2.94. The molecule has 0 unspecified atom stereocenters. The maximum atomic E-state index is 10.9. The molecule has 0 atom stereocenters. The number of phenols is 1. The highest BCUT2D eigenvalue weighted by Gasteiger charge is 2.12. The lowest BCUT2D eigenvalue weighted by Gasteiger charge is -2.17. The van der Waals surface area contributed by atoms with Crippen molar-refractivity contribution in [1.29, 1.82) is 0 Å². The van der Waals surface area contributed by atoms with Crippen LogP contribution in [0.2, 0.25) is 0 Å². The van der Waals surface area contributed by atoms with E-state index in [1.165, 1.54) is 4.90 Å². The highest BCUT2D eigenvalue weighted by molar-refractivity contribution is 5.88. The SMILES string of the molecule is COc1ccc(O)c(-c2ccccc2N(C)C=O)c1. The number of amides is 1. The molecule has 0 saturated carbocycles. The van der Waals surface area contributed by atoms with Gasteiger partial charge in [-0.1, -0.05) is 18.2 Å². The Morgan fingerprint density at radius 2 is 1.89 bits per heavy atom. The van der Waals surface area contributed by atoms with Gasteiger partial charge in [-0.3, -0.25) is 4.79 Å². The molecule has 4 heteroatoms. The quantitative estimate of drug-likeness (QED) is 0.857. The molecule has 0 spiro atoms. The second-order valence-corrected chi connectivity index (χ2v) is 4.12. The fraction of sp³-hybridized carbons (Fsp3) is 0.133. The van der Waals surface area contributed by atoms with Crippen LogP contribution in [-0.2, 0) is 4.79 Å². The Kier molecular flexibility index (Phi) is 3.71. The van der Waals surface area contributed by atoms with E-state index in [4.69, 9.17) is 4.74 Å². The molecule has 0 radical (unpaired) electrons. The van der Waals surface area contributed by atoms with Crippen LogP contribution in [0.25, 0.3) is 11.1 Å². The molecule has 0 aliphatic rings. The Morgan fingerprint density at radius 3 is 2.58 bits per heavy atom. The van der Waals surface area contributed by atoms with Gasteiger partial charge in [0.1, 0.15) is 11.5 Å².